The van der Waals surface area contributed by atoms with Gasteiger partial charge >= 0.3 is 6.03 Å². The topological polar surface area (TPSA) is 108 Å². The molecule has 0 radical (unpaired) electrons. The molecule has 1 saturated carbocycles. The van der Waals surface area contributed by atoms with E-state index in [1.807, 2.05) is 6.92 Å². The van der Waals surface area contributed by atoms with Crippen molar-refractivity contribution in [3.05, 3.63) is 24.3 Å². The Kier molecular flexibility index (Phi) is 5.36. The second-order valence-corrected chi connectivity index (χ2v) is 7.98. The zero-order valence-electron chi connectivity index (χ0n) is 17.0. The van der Waals surface area contributed by atoms with Crippen LogP contribution in [-0.2, 0) is 14.4 Å². The molecule has 2 heterocycles. The molecule has 1 aromatic rings. The maximum absolute atomic E-state index is 13.2. The van der Waals surface area contributed by atoms with Crippen molar-refractivity contribution in [2.75, 3.05) is 24.5 Å². The number of fused-ring (bicyclic) bond motifs is 1. The zero-order valence-corrected chi connectivity index (χ0v) is 17.0. The summed E-state index contributed by atoms with van der Waals surface area (Å²) in [6, 6.07) is 6.40. The third-order valence-electron chi connectivity index (χ3n) is 5.91. The fourth-order valence-corrected chi connectivity index (χ4v) is 4.33. The summed E-state index contributed by atoms with van der Waals surface area (Å²) in [4.78, 5) is 53.3. The van der Waals surface area contributed by atoms with Gasteiger partial charge in [-0.15, -0.1) is 0 Å². The van der Waals surface area contributed by atoms with Crippen LogP contribution in [0.3, 0.4) is 0 Å². The largest absolute Gasteiger partial charge is 0.477 e. The predicted molar refractivity (Wildman–Crippen MR) is 108 cm³/mol. The number of ether oxygens (including phenoxy) is 1. The number of rotatable bonds is 5. The fourth-order valence-electron chi connectivity index (χ4n) is 4.33. The first kappa shape index (κ1) is 20.2. The summed E-state index contributed by atoms with van der Waals surface area (Å²) < 4.78 is 5.79. The number of hydrogen-bond donors (Lipinski definition) is 2. The summed E-state index contributed by atoms with van der Waals surface area (Å²) in [5, 5.41) is 5.57. The van der Waals surface area contributed by atoms with Gasteiger partial charge in [-0.1, -0.05) is 31.9 Å². The maximum atomic E-state index is 13.2. The monoisotopic (exact) mass is 414 g/mol. The van der Waals surface area contributed by atoms with Crippen LogP contribution in [0.15, 0.2) is 24.3 Å². The highest BCUT2D eigenvalue weighted by molar-refractivity contribution is 6.11. The summed E-state index contributed by atoms with van der Waals surface area (Å²) in [5.74, 6) is -0.656. The highest BCUT2D eigenvalue weighted by Crippen LogP contribution is 2.36. The Labute approximate surface area is 174 Å². The molecular formula is C21H26N4O5. The van der Waals surface area contributed by atoms with Crippen molar-refractivity contribution < 1.29 is 23.9 Å². The molecular weight excluding hydrogens is 388 g/mol. The summed E-state index contributed by atoms with van der Waals surface area (Å²) in [7, 11) is 0. The highest BCUT2D eigenvalue weighted by Gasteiger charge is 2.53. The van der Waals surface area contributed by atoms with Gasteiger partial charge < -0.3 is 20.3 Å². The van der Waals surface area contributed by atoms with Crippen LogP contribution in [0.2, 0.25) is 0 Å². The summed E-state index contributed by atoms with van der Waals surface area (Å²) in [5.41, 5.74) is -0.340. The molecule has 9 heteroatoms. The molecule has 30 heavy (non-hydrogen) atoms. The molecule has 1 spiro atoms. The number of carbonyl (C=O) groups excluding carboxylic acids is 4. The van der Waals surface area contributed by atoms with Crippen molar-refractivity contribution in [3.63, 3.8) is 0 Å². The number of benzene rings is 1. The Morgan fingerprint density at radius 3 is 2.70 bits per heavy atom. The number of nitrogens with one attached hydrogen (secondary N) is 2. The SMILES string of the molecule is CCCNC(=O)[C@H]1CN(C(=O)CN2C(=O)NC3(CCCC3)C2=O)c2ccccc2O1. The van der Waals surface area contributed by atoms with E-state index >= 15 is 0 Å². The van der Waals surface area contributed by atoms with Gasteiger partial charge in [0.25, 0.3) is 11.8 Å². The Bertz CT molecular complexity index is 880. The molecule has 1 saturated heterocycles. The molecule has 9 nitrogen and oxygen atoms in total. The first-order chi connectivity index (χ1) is 14.4. The molecule has 2 aliphatic heterocycles. The molecule has 1 atom stereocenters. The Hall–Kier alpha value is -3.10. The molecule has 0 aromatic heterocycles. The second-order valence-electron chi connectivity index (χ2n) is 7.98. The van der Waals surface area contributed by atoms with Crippen LogP contribution in [0.5, 0.6) is 5.75 Å². The van der Waals surface area contributed by atoms with E-state index in [4.69, 9.17) is 4.74 Å². The third-order valence-corrected chi connectivity index (χ3v) is 5.91. The number of nitrogens with zero attached hydrogens (tertiary/aromatic N) is 2. The number of urea groups is 1. The number of para-hydroxylation sites is 2. The van der Waals surface area contributed by atoms with Gasteiger partial charge in [-0.3, -0.25) is 19.3 Å². The molecule has 4 rings (SSSR count). The average Bonchev–Trinajstić information content (AvgIpc) is 3.31. The highest BCUT2D eigenvalue weighted by atomic mass is 16.5. The van der Waals surface area contributed by atoms with Crippen molar-refractivity contribution in [1.82, 2.24) is 15.5 Å². The first-order valence-electron chi connectivity index (χ1n) is 10.4. The van der Waals surface area contributed by atoms with E-state index in [1.165, 1.54) is 4.90 Å². The van der Waals surface area contributed by atoms with Crippen LogP contribution in [0.25, 0.3) is 0 Å². The standard InChI is InChI=1S/C21H26N4O5/c1-2-11-22-18(27)16-12-24(14-7-3-4-8-15(14)30-16)17(26)13-25-19(28)21(23-20(25)29)9-5-6-10-21/h3-4,7-8,16H,2,5-6,9-13H2,1H3,(H,22,27)(H,23,29)/t16-/m1/s1. The predicted octanol–water partition coefficient (Wildman–Crippen LogP) is 1.17. The van der Waals surface area contributed by atoms with E-state index in [9.17, 15) is 19.2 Å². The summed E-state index contributed by atoms with van der Waals surface area (Å²) in [6.07, 6.45) is 2.87. The van der Waals surface area contributed by atoms with Crippen LogP contribution < -0.4 is 20.3 Å². The lowest BCUT2D eigenvalue weighted by atomic mass is 9.98. The molecule has 1 aliphatic carbocycles. The minimum absolute atomic E-state index is 0.0141. The van der Waals surface area contributed by atoms with E-state index in [1.54, 1.807) is 24.3 Å². The minimum atomic E-state index is -0.861. The van der Waals surface area contributed by atoms with Gasteiger partial charge in [0.2, 0.25) is 5.91 Å². The van der Waals surface area contributed by atoms with Crippen molar-refractivity contribution in [2.24, 2.45) is 0 Å². The van der Waals surface area contributed by atoms with Crippen molar-refractivity contribution in [2.45, 2.75) is 50.7 Å². The number of hydrogen-bond acceptors (Lipinski definition) is 5. The number of amides is 5. The van der Waals surface area contributed by atoms with Gasteiger partial charge in [0, 0.05) is 6.54 Å². The van der Waals surface area contributed by atoms with Gasteiger partial charge in [0.05, 0.1) is 12.2 Å². The second kappa shape index (κ2) is 7.97. The normalized spacial score (nSPS) is 22.0. The number of anilines is 1. The van der Waals surface area contributed by atoms with E-state index < -0.39 is 23.6 Å². The first-order valence-corrected chi connectivity index (χ1v) is 10.4. The maximum Gasteiger partial charge on any atom is 0.325 e. The molecule has 3 aliphatic rings. The van der Waals surface area contributed by atoms with E-state index in [0.29, 0.717) is 30.8 Å². The van der Waals surface area contributed by atoms with Gasteiger partial charge in [-0.25, -0.2) is 4.79 Å². The molecule has 5 amide bonds. The lowest BCUT2D eigenvalue weighted by Crippen LogP contribution is -2.53. The lowest BCUT2D eigenvalue weighted by molar-refractivity contribution is -0.134. The smallest absolute Gasteiger partial charge is 0.325 e. The van der Waals surface area contributed by atoms with E-state index in [-0.39, 0.29) is 24.9 Å². The Balaban J connectivity index is 1.53. The molecule has 160 valence electrons. The van der Waals surface area contributed by atoms with Crippen LogP contribution in [0.4, 0.5) is 10.5 Å². The van der Waals surface area contributed by atoms with Crippen molar-refractivity contribution in [1.29, 1.82) is 0 Å². The van der Waals surface area contributed by atoms with Crippen LogP contribution in [0, 0.1) is 0 Å². The Morgan fingerprint density at radius 2 is 1.97 bits per heavy atom. The quantitative estimate of drug-likeness (QED) is 0.704. The van der Waals surface area contributed by atoms with E-state index in [0.717, 1.165) is 24.2 Å². The molecule has 0 unspecified atom stereocenters. The van der Waals surface area contributed by atoms with E-state index in [2.05, 4.69) is 10.6 Å². The van der Waals surface area contributed by atoms with Crippen LogP contribution in [-0.4, -0.2) is 59.9 Å². The number of carbonyl (C=O) groups is 4. The van der Waals surface area contributed by atoms with Crippen LogP contribution in [0.1, 0.15) is 39.0 Å². The van der Waals surface area contributed by atoms with Gasteiger partial charge in [0.1, 0.15) is 17.8 Å². The number of imide groups is 1. The summed E-state index contributed by atoms with van der Waals surface area (Å²) >= 11 is 0. The average molecular weight is 414 g/mol. The lowest BCUT2D eigenvalue weighted by Gasteiger charge is -2.34. The molecule has 1 aromatic carbocycles. The molecule has 2 N–H and O–H groups in total. The van der Waals surface area contributed by atoms with Crippen molar-refractivity contribution in [3.8, 4) is 5.75 Å². The van der Waals surface area contributed by atoms with Crippen LogP contribution >= 0.6 is 0 Å². The third kappa shape index (κ3) is 3.48. The van der Waals surface area contributed by atoms with Gasteiger partial charge in [0.15, 0.2) is 6.10 Å². The fraction of sp³-hybridized carbons (Fsp3) is 0.524. The van der Waals surface area contributed by atoms with Gasteiger partial charge in [-0.2, -0.15) is 0 Å². The summed E-state index contributed by atoms with van der Waals surface area (Å²) in [6.45, 7) is 2.10. The van der Waals surface area contributed by atoms with Crippen molar-refractivity contribution >= 4 is 29.4 Å². The Morgan fingerprint density at radius 1 is 1.23 bits per heavy atom. The zero-order chi connectivity index (χ0) is 21.3. The molecule has 0 bridgehead atoms. The molecule has 2 fully saturated rings. The minimum Gasteiger partial charge on any atom is -0.477 e. The van der Waals surface area contributed by atoms with Gasteiger partial charge in [-0.05, 0) is 31.4 Å².